The van der Waals surface area contributed by atoms with Crippen LogP contribution >= 0.6 is 0 Å². The number of fused-ring (bicyclic) bond motifs is 1. The maximum absolute atomic E-state index is 13.7. The van der Waals surface area contributed by atoms with Crippen molar-refractivity contribution in [2.75, 3.05) is 32.8 Å². The first-order valence-electron chi connectivity index (χ1n) is 13.9. The Balaban J connectivity index is 1.23. The Morgan fingerprint density at radius 1 is 1.14 bits per heavy atom. The lowest BCUT2D eigenvalue weighted by atomic mass is 9.43. The Labute approximate surface area is 213 Å². The van der Waals surface area contributed by atoms with Crippen molar-refractivity contribution in [1.82, 2.24) is 9.80 Å². The molecule has 3 aliphatic carbocycles. The van der Waals surface area contributed by atoms with Crippen LogP contribution in [0.25, 0.3) is 0 Å². The van der Waals surface area contributed by atoms with E-state index in [0.717, 1.165) is 57.7 Å². The molecule has 1 amide bonds. The number of carbonyl (C=O) groups is 1. The average molecular weight is 485 g/mol. The standard InChI is InChI=1S/C31H36N2O3/c1-29(18-36-19-29)17-32-12-11-31-24-14-23(34)8-7-21(24)13-26(32)30(31)10-9-25-27(31)22(15-30)16-33(25)28(35)20-5-3-2-4-6-20/h2-8,14,22,25-27,34H,9-13,15-19H2,1H3/t22-,25?,26-,27?,30-,31+/m1/s1. The molecule has 2 unspecified atom stereocenters. The van der Waals surface area contributed by atoms with Gasteiger partial charge in [-0.05, 0) is 91.3 Å². The van der Waals surface area contributed by atoms with Crippen molar-refractivity contribution in [3.05, 3.63) is 65.2 Å². The highest BCUT2D eigenvalue weighted by Crippen LogP contribution is 2.75. The molecule has 5 nitrogen and oxygen atoms in total. The van der Waals surface area contributed by atoms with Crippen LogP contribution in [0.1, 0.15) is 54.1 Å². The first kappa shape index (κ1) is 21.7. The number of amides is 1. The van der Waals surface area contributed by atoms with Crippen molar-refractivity contribution in [3.63, 3.8) is 0 Å². The molecule has 5 fully saturated rings. The minimum atomic E-state index is 0.0663. The largest absolute Gasteiger partial charge is 0.508 e. The van der Waals surface area contributed by atoms with Crippen LogP contribution in [0.5, 0.6) is 5.75 Å². The second-order valence-electron chi connectivity index (χ2n) is 13.1. The van der Waals surface area contributed by atoms with Gasteiger partial charge >= 0.3 is 0 Å². The predicted octanol–water partition coefficient (Wildman–Crippen LogP) is 4.24. The van der Waals surface area contributed by atoms with Gasteiger partial charge in [-0.2, -0.15) is 0 Å². The summed E-state index contributed by atoms with van der Waals surface area (Å²) >= 11 is 0. The first-order chi connectivity index (χ1) is 17.4. The number of likely N-dealkylation sites (tertiary alicyclic amines) is 2. The molecule has 3 heterocycles. The van der Waals surface area contributed by atoms with Gasteiger partial charge in [0.05, 0.1) is 13.2 Å². The quantitative estimate of drug-likeness (QED) is 0.708. The van der Waals surface area contributed by atoms with Crippen molar-refractivity contribution < 1.29 is 14.6 Å². The van der Waals surface area contributed by atoms with Crippen LogP contribution < -0.4 is 0 Å². The third kappa shape index (κ3) is 2.56. The maximum atomic E-state index is 13.7. The highest BCUT2D eigenvalue weighted by atomic mass is 16.5. The van der Waals surface area contributed by atoms with Crippen molar-refractivity contribution in [1.29, 1.82) is 0 Å². The summed E-state index contributed by atoms with van der Waals surface area (Å²) in [5.74, 6) is 1.64. The van der Waals surface area contributed by atoms with E-state index in [9.17, 15) is 9.90 Å². The highest BCUT2D eigenvalue weighted by molar-refractivity contribution is 5.94. The lowest BCUT2D eigenvalue weighted by molar-refractivity contribution is -0.153. The summed E-state index contributed by atoms with van der Waals surface area (Å²) in [6.07, 6.45) is 5.75. The lowest BCUT2D eigenvalue weighted by Crippen LogP contribution is -2.71. The van der Waals surface area contributed by atoms with Crippen molar-refractivity contribution in [3.8, 4) is 5.75 Å². The molecule has 2 aromatic rings. The van der Waals surface area contributed by atoms with Crippen molar-refractivity contribution in [2.24, 2.45) is 22.7 Å². The first-order valence-corrected chi connectivity index (χ1v) is 13.9. The molecule has 5 heteroatoms. The zero-order chi connectivity index (χ0) is 24.3. The van der Waals surface area contributed by atoms with Gasteiger partial charge in [-0.25, -0.2) is 0 Å². The summed E-state index contributed by atoms with van der Waals surface area (Å²) in [6, 6.07) is 16.9. The molecule has 8 rings (SSSR count). The van der Waals surface area contributed by atoms with E-state index in [1.165, 1.54) is 24.0 Å². The number of phenols is 1. The summed E-state index contributed by atoms with van der Waals surface area (Å²) in [6.45, 7) is 7.27. The van der Waals surface area contributed by atoms with Gasteiger partial charge in [-0.3, -0.25) is 9.69 Å². The molecule has 0 radical (unpaired) electrons. The van der Waals surface area contributed by atoms with Crippen LogP contribution in [-0.4, -0.2) is 65.7 Å². The minimum Gasteiger partial charge on any atom is -0.508 e. The molecule has 36 heavy (non-hydrogen) atoms. The van der Waals surface area contributed by atoms with Gasteiger partial charge in [0.25, 0.3) is 5.91 Å². The maximum Gasteiger partial charge on any atom is 0.254 e. The number of nitrogens with zero attached hydrogens (tertiary/aromatic N) is 2. The zero-order valence-electron chi connectivity index (χ0n) is 21.2. The van der Waals surface area contributed by atoms with Gasteiger partial charge in [-0.15, -0.1) is 0 Å². The summed E-state index contributed by atoms with van der Waals surface area (Å²) in [4.78, 5) is 18.8. The molecule has 188 valence electrons. The zero-order valence-corrected chi connectivity index (χ0v) is 21.2. The van der Waals surface area contributed by atoms with E-state index in [2.05, 4.69) is 28.9 Å². The molecule has 2 saturated carbocycles. The highest BCUT2D eigenvalue weighted by Gasteiger charge is 2.76. The minimum absolute atomic E-state index is 0.0663. The van der Waals surface area contributed by atoms with E-state index in [-0.39, 0.29) is 22.2 Å². The second-order valence-corrected chi connectivity index (χ2v) is 13.1. The Morgan fingerprint density at radius 3 is 2.75 bits per heavy atom. The van der Waals surface area contributed by atoms with E-state index in [4.69, 9.17) is 4.74 Å². The fraction of sp³-hybridized carbons (Fsp3) is 0.581. The molecule has 2 aromatic carbocycles. The molecule has 1 N–H and O–H groups in total. The lowest BCUT2D eigenvalue weighted by Gasteiger charge is -2.67. The number of hydrogen-bond acceptors (Lipinski definition) is 4. The predicted molar refractivity (Wildman–Crippen MR) is 137 cm³/mol. The normalized spacial score (nSPS) is 39.3. The molecule has 3 saturated heterocycles. The summed E-state index contributed by atoms with van der Waals surface area (Å²) in [5.41, 5.74) is 4.26. The van der Waals surface area contributed by atoms with Gasteiger partial charge in [0.15, 0.2) is 0 Å². The fourth-order valence-corrected chi connectivity index (χ4v) is 10.3. The molecule has 0 spiro atoms. The Kier molecular flexibility index (Phi) is 4.30. The monoisotopic (exact) mass is 484 g/mol. The van der Waals surface area contributed by atoms with E-state index >= 15 is 0 Å². The number of hydrogen-bond donors (Lipinski definition) is 1. The number of benzene rings is 2. The smallest absolute Gasteiger partial charge is 0.254 e. The Hall–Kier alpha value is -2.37. The SMILES string of the molecule is CC1(CN2CC[C@@]34c5cc(O)ccc5C[C@@H]2[C@]32CCC3C4[C@@H](CN3C(=O)c3ccccc3)C2)COC1. The number of ether oxygens (including phenoxy) is 1. The van der Waals surface area contributed by atoms with Crippen LogP contribution in [0.3, 0.4) is 0 Å². The van der Waals surface area contributed by atoms with E-state index < -0.39 is 0 Å². The van der Waals surface area contributed by atoms with E-state index in [1.54, 1.807) is 0 Å². The summed E-state index contributed by atoms with van der Waals surface area (Å²) in [7, 11) is 0. The van der Waals surface area contributed by atoms with Crippen molar-refractivity contribution in [2.45, 2.75) is 56.5 Å². The molecule has 6 atom stereocenters. The topological polar surface area (TPSA) is 53.0 Å². The number of piperidine rings is 1. The average Bonchev–Trinajstić information content (AvgIpc) is 3.31. The van der Waals surface area contributed by atoms with Crippen LogP contribution in [0.15, 0.2) is 48.5 Å². The van der Waals surface area contributed by atoms with Gasteiger partial charge in [-0.1, -0.05) is 31.2 Å². The number of carbonyl (C=O) groups excluding carboxylic acids is 1. The molecule has 6 aliphatic rings. The molecule has 0 aromatic heterocycles. The van der Waals surface area contributed by atoms with Crippen molar-refractivity contribution >= 4 is 5.91 Å². The third-order valence-electron chi connectivity index (χ3n) is 11.4. The van der Waals surface area contributed by atoms with Gasteiger partial charge < -0.3 is 14.7 Å². The van der Waals surface area contributed by atoms with Crippen LogP contribution in [0, 0.1) is 22.7 Å². The molecule has 4 bridgehead atoms. The Morgan fingerprint density at radius 2 is 1.97 bits per heavy atom. The molecular weight excluding hydrogens is 448 g/mol. The number of rotatable bonds is 3. The van der Waals surface area contributed by atoms with Crippen LogP contribution in [0.4, 0.5) is 0 Å². The van der Waals surface area contributed by atoms with E-state index in [0.29, 0.717) is 29.7 Å². The van der Waals surface area contributed by atoms with E-state index in [1.807, 2.05) is 36.4 Å². The van der Waals surface area contributed by atoms with Gasteiger partial charge in [0.1, 0.15) is 5.75 Å². The molecule has 3 aliphatic heterocycles. The summed E-state index contributed by atoms with van der Waals surface area (Å²) < 4.78 is 5.64. The fourth-order valence-electron chi connectivity index (χ4n) is 10.3. The van der Waals surface area contributed by atoms with Crippen LogP contribution in [0.2, 0.25) is 0 Å². The molecular formula is C31H36N2O3. The number of aromatic hydroxyl groups is 1. The van der Waals surface area contributed by atoms with Crippen LogP contribution in [-0.2, 0) is 16.6 Å². The summed E-state index contributed by atoms with van der Waals surface area (Å²) in [5, 5.41) is 10.7. The Bertz CT molecular complexity index is 1240. The third-order valence-corrected chi connectivity index (χ3v) is 11.4. The second kappa shape index (κ2) is 7.14. The number of phenolic OH excluding ortho intramolecular Hbond substituents is 1. The van der Waals surface area contributed by atoms with Gasteiger partial charge in [0.2, 0.25) is 0 Å². The van der Waals surface area contributed by atoms with Gasteiger partial charge in [0, 0.05) is 41.6 Å².